The van der Waals surface area contributed by atoms with Crippen LogP contribution in [0.2, 0.25) is 0 Å². The molecule has 0 radical (unpaired) electrons. The maximum Gasteiger partial charge on any atom is 0.322 e. The topological polar surface area (TPSA) is 35.0 Å². The third-order valence-electron chi connectivity index (χ3n) is 3.13. The molecule has 0 atom stereocenters. The minimum atomic E-state index is 0.133. The fourth-order valence-electron chi connectivity index (χ4n) is 1.78. The first-order valence-corrected chi connectivity index (χ1v) is 7.10. The van der Waals surface area contributed by atoms with Crippen molar-refractivity contribution in [2.75, 3.05) is 0 Å². The van der Waals surface area contributed by atoms with Crippen LogP contribution >= 0.6 is 11.6 Å². The highest BCUT2D eigenvalue weighted by Gasteiger charge is 2.13. The molecule has 2 aromatic rings. The highest BCUT2D eigenvalue weighted by atomic mass is 35.5. The second-order valence-corrected chi connectivity index (χ2v) is 6.04. The van der Waals surface area contributed by atoms with Gasteiger partial charge < -0.3 is 4.74 Å². The molecule has 0 bridgehead atoms. The summed E-state index contributed by atoms with van der Waals surface area (Å²) in [4.78, 5) is 8.45. The Morgan fingerprint density at radius 3 is 2.30 bits per heavy atom. The molecule has 1 aromatic heterocycles. The molecule has 4 heteroatoms. The molecule has 0 unspecified atom stereocenters. The smallest absolute Gasteiger partial charge is 0.322 e. The molecule has 0 N–H and O–H groups in total. The largest absolute Gasteiger partial charge is 0.424 e. The summed E-state index contributed by atoms with van der Waals surface area (Å²) in [5, 5.41) is 0. The molecule has 0 fully saturated rings. The quantitative estimate of drug-likeness (QED) is 0.774. The lowest BCUT2D eigenvalue weighted by Gasteiger charge is -2.19. The van der Waals surface area contributed by atoms with Gasteiger partial charge in [0.2, 0.25) is 0 Å². The van der Waals surface area contributed by atoms with Crippen LogP contribution in [0.1, 0.15) is 37.6 Å². The van der Waals surface area contributed by atoms with Gasteiger partial charge in [-0.05, 0) is 30.0 Å². The summed E-state index contributed by atoms with van der Waals surface area (Å²) in [6.07, 6.45) is 1.70. The van der Waals surface area contributed by atoms with E-state index in [1.54, 1.807) is 6.20 Å². The lowest BCUT2D eigenvalue weighted by Crippen LogP contribution is -2.10. The molecule has 0 spiro atoms. The van der Waals surface area contributed by atoms with Crippen LogP contribution in [-0.2, 0) is 11.3 Å². The van der Waals surface area contributed by atoms with Crippen molar-refractivity contribution in [1.82, 2.24) is 9.97 Å². The van der Waals surface area contributed by atoms with Crippen molar-refractivity contribution in [3.05, 3.63) is 47.3 Å². The molecule has 0 amide bonds. The van der Waals surface area contributed by atoms with Crippen LogP contribution in [-0.4, -0.2) is 9.97 Å². The minimum Gasteiger partial charge on any atom is -0.424 e. The molecule has 0 aliphatic rings. The summed E-state index contributed by atoms with van der Waals surface area (Å²) in [6.45, 7) is 8.44. The van der Waals surface area contributed by atoms with E-state index in [4.69, 9.17) is 16.3 Å². The number of hydrogen-bond donors (Lipinski definition) is 0. The Balaban J connectivity index is 2.16. The van der Waals surface area contributed by atoms with E-state index >= 15 is 0 Å². The predicted molar refractivity (Wildman–Crippen MR) is 81.5 cm³/mol. The summed E-state index contributed by atoms with van der Waals surface area (Å²) in [5.41, 5.74) is 3.16. The van der Waals surface area contributed by atoms with Gasteiger partial charge in [0.15, 0.2) is 0 Å². The Kier molecular flexibility index (Phi) is 4.29. The first-order valence-electron chi connectivity index (χ1n) is 6.57. The van der Waals surface area contributed by atoms with Crippen LogP contribution in [0.5, 0.6) is 11.8 Å². The van der Waals surface area contributed by atoms with Gasteiger partial charge in [0.05, 0.1) is 5.88 Å². The van der Waals surface area contributed by atoms with Gasteiger partial charge in [-0.2, -0.15) is 4.98 Å². The summed E-state index contributed by atoms with van der Waals surface area (Å²) in [7, 11) is 0. The van der Waals surface area contributed by atoms with Crippen LogP contribution in [0.3, 0.4) is 0 Å². The number of aromatic nitrogens is 2. The number of rotatable bonds is 3. The van der Waals surface area contributed by atoms with Gasteiger partial charge in [-0.3, -0.25) is 0 Å². The predicted octanol–water partition coefficient (Wildman–Crippen LogP) is 4.61. The second kappa shape index (κ2) is 5.80. The zero-order valence-electron chi connectivity index (χ0n) is 12.3. The van der Waals surface area contributed by atoms with Crippen molar-refractivity contribution in [2.45, 2.75) is 39.0 Å². The maximum absolute atomic E-state index is 5.78. The number of hydrogen-bond acceptors (Lipinski definition) is 3. The van der Waals surface area contributed by atoms with Gasteiger partial charge in [-0.15, -0.1) is 11.6 Å². The van der Waals surface area contributed by atoms with E-state index in [2.05, 4.69) is 42.9 Å². The highest BCUT2D eigenvalue weighted by molar-refractivity contribution is 6.17. The normalized spacial score (nSPS) is 11.4. The monoisotopic (exact) mass is 290 g/mol. The van der Waals surface area contributed by atoms with E-state index < -0.39 is 0 Å². The molecule has 1 heterocycles. The molecular formula is C16H19ClN2O. The van der Waals surface area contributed by atoms with E-state index in [0.717, 1.165) is 17.0 Å². The molecule has 0 saturated carbocycles. The van der Waals surface area contributed by atoms with Crippen LogP contribution in [0.25, 0.3) is 0 Å². The van der Waals surface area contributed by atoms with Gasteiger partial charge in [-0.1, -0.05) is 32.9 Å². The first-order chi connectivity index (χ1) is 9.40. The second-order valence-electron chi connectivity index (χ2n) is 5.77. The number of alkyl halides is 1. The molecule has 20 heavy (non-hydrogen) atoms. The van der Waals surface area contributed by atoms with Crippen molar-refractivity contribution in [2.24, 2.45) is 0 Å². The lowest BCUT2D eigenvalue weighted by atomic mass is 9.87. The Hall–Kier alpha value is -1.61. The van der Waals surface area contributed by atoms with Crippen molar-refractivity contribution >= 4 is 11.6 Å². The zero-order chi connectivity index (χ0) is 14.8. The fraction of sp³-hybridized carbons (Fsp3) is 0.375. The summed E-state index contributed by atoms with van der Waals surface area (Å²) >= 11 is 5.78. The Bertz CT molecular complexity index is 588. The van der Waals surface area contributed by atoms with Gasteiger partial charge in [-0.25, -0.2) is 4.98 Å². The number of halogens is 1. The molecular weight excluding hydrogens is 272 g/mol. The summed E-state index contributed by atoms with van der Waals surface area (Å²) in [5.74, 6) is 1.14. The molecule has 1 aromatic carbocycles. The third kappa shape index (κ3) is 3.48. The van der Waals surface area contributed by atoms with Gasteiger partial charge in [0.1, 0.15) is 5.75 Å². The van der Waals surface area contributed by atoms with E-state index in [0.29, 0.717) is 11.9 Å². The number of benzene rings is 1. The van der Waals surface area contributed by atoms with Crippen molar-refractivity contribution < 1.29 is 4.74 Å². The maximum atomic E-state index is 5.78. The Labute approximate surface area is 125 Å². The van der Waals surface area contributed by atoms with Crippen LogP contribution in [0.15, 0.2) is 30.5 Å². The van der Waals surface area contributed by atoms with Crippen LogP contribution in [0, 0.1) is 6.92 Å². The molecule has 0 saturated heterocycles. The van der Waals surface area contributed by atoms with E-state index in [1.165, 1.54) is 5.56 Å². The summed E-state index contributed by atoms with van der Waals surface area (Å²) in [6, 6.07) is 8.36. The molecule has 3 nitrogen and oxygen atoms in total. The average Bonchev–Trinajstić information content (AvgIpc) is 2.38. The SMILES string of the molecule is Cc1nc(Oc2ccc(C(C)(C)C)cc2)ncc1CCl. The lowest BCUT2D eigenvalue weighted by molar-refractivity contribution is 0.439. The van der Waals surface area contributed by atoms with Gasteiger partial charge in [0, 0.05) is 17.5 Å². The standard InChI is InChI=1S/C16H19ClN2O/c1-11-12(9-17)10-18-15(19-11)20-14-7-5-13(6-8-14)16(2,3)4/h5-8,10H,9H2,1-4H3. The summed E-state index contributed by atoms with van der Waals surface area (Å²) < 4.78 is 5.66. The van der Waals surface area contributed by atoms with E-state index in [1.807, 2.05) is 19.1 Å². The van der Waals surface area contributed by atoms with Crippen LogP contribution in [0.4, 0.5) is 0 Å². The first kappa shape index (κ1) is 14.8. The van der Waals surface area contributed by atoms with E-state index in [-0.39, 0.29) is 5.41 Å². The highest BCUT2D eigenvalue weighted by Crippen LogP contribution is 2.26. The number of ether oxygens (including phenoxy) is 1. The molecule has 0 aliphatic heterocycles. The molecule has 106 valence electrons. The molecule has 2 rings (SSSR count). The zero-order valence-corrected chi connectivity index (χ0v) is 13.0. The van der Waals surface area contributed by atoms with Crippen LogP contribution < -0.4 is 4.74 Å². The Morgan fingerprint density at radius 1 is 1.15 bits per heavy atom. The van der Waals surface area contributed by atoms with Crippen molar-refractivity contribution in [3.8, 4) is 11.8 Å². The minimum absolute atomic E-state index is 0.133. The van der Waals surface area contributed by atoms with Gasteiger partial charge >= 0.3 is 6.01 Å². The Morgan fingerprint density at radius 2 is 1.80 bits per heavy atom. The number of nitrogens with zero attached hydrogens (tertiary/aromatic N) is 2. The third-order valence-corrected chi connectivity index (χ3v) is 3.42. The van der Waals surface area contributed by atoms with E-state index in [9.17, 15) is 0 Å². The molecule has 0 aliphatic carbocycles. The van der Waals surface area contributed by atoms with Crippen molar-refractivity contribution in [1.29, 1.82) is 0 Å². The van der Waals surface area contributed by atoms with Gasteiger partial charge in [0.25, 0.3) is 0 Å². The average molecular weight is 291 g/mol. The van der Waals surface area contributed by atoms with Crippen molar-refractivity contribution in [3.63, 3.8) is 0 Å². The number of aryl methyl sites for hydroxylation is 1. The fourth-order valence-corrected chi connectivity index (χ4v) is 2.04.